The number of rotatable bonds is 3. The molecule has 0 bridgehead atoms. The van der Waals surface area contributed by atoms with Gasteiger partial charge in [0.15, 0.2) is 0 Å². The first-order valence-electron chi connectivity index (χ1n) is 6.76. The van der Waals surface area contributed by atoms with Gasteiger partial charge >= 0.3 is 29.6 Å². The Kier molecular flexibility index (Phi) is 5.49. The molecule has 0 saturated carbocycles. The van der Waals surface area contributed by atoms with Gasteiger partial charge in [0.1, 0.15) is 10.1 Å². The van der Waals surface area contributed by atoms with Crippen molar-refractivity contribution in [2.45, 2.75) is 11.8 Å². The summed E-state index contributed by atoms with van der Waals surface area (Å²) in [6.07, 6.45) is 0. The molecule has 0 radical (unpaired) electrons. The second kappa shape index (κ2) is 7.03. The Hall–Kier alpha value is -1.37. The molecule has 6 heteroatoms. The number of benzene rings is 3. The van der Waals surface area contributed by atoms with Crippen LogP contribution in [-0.4, -0.2) is 13.0 Å². The van der Waals surface area contributed by atoms with Crippen molar-refractivity contribution in [1.29, 1.82) is 0 Å². The summed E-state index contributed by atoms with van der Waals surface area (Å²) < 4.78 is 34.6. The minimum Gasteiger partial charge on any atom is -0.744 e. The fourth-order valence-electron chi connectivity index (χ4n) is 2.37. The van der Waals surface area contributed by atoms with Gasteiger partial charge in [0.05, 0.1) is 10.6 Å². The fourth-order valence-corrected chi connectivity index (χ4v) is 3.02. The van der Waals surface area contributed by atoms with Crippen LogP contribution in [0.1, 0.15) is 5.56 Å². The fraction of sp³-hybridized carbons (Fsp3) is 0.0588. The minimum atomic E-state index is -4.57. The van der Waals surface area contributed by atoms with Gasteiger partial charge in [0.25, 0.3) is 0 Å². The molecule has 23 heavy (non-hydrogen) atoms. The van der Waals surface area contributed by atoms with E-state index in [4.69, 9.17) is 0 Å². The van der Waals surface area contributed by atoms with Crippen LogP contribution in [-0.2, 0) is 10.1 Å². The van der Waals surface area contributed by atoms with Crippen molar-refractivity contribution in [3.8, 4) is 0 Å². The maximum Gasteiger partial charge on any atom is 1.00 e. The summed E-state index contributed by atoms with van der Waals surface area (Å²) in [4.78, 5) is -0.244. The number of aryl methyl sites for hydroxylation is 1. The summed E-state index contributed by atoms with van der Waals surface area (Å²) in [7, 11) is -4.57. The maximum atomic E-state index is 11.5. The van der Waals surface area contributed by atoms with Gasteiger partial charge in [0, 0.05) is 11.1 Å². The zero-order valence-electron chi connectivity index (χ0n) is 12.9. The van der Waals surface area contributed by atoms with Crippen LogP contribution in [0.3, 0.4) is 0 Å². The first-order chi connectivity index (χ1) is 10.4. The van der Waals surface area contributed by atoms with E-state index in [0.29, 0.717) is 11.1 Å². The molecular weight excluding hydrogens is 321 g/mol. The smallest absolute Gasteiger partial charge is 0.744 e. The number of hydrogen-bond acceptors (Lipinski definition) is 4. The Balaban J connectivity index is 0.00000192. The van der Waals surface area contributed by atoms with Crippen molar-refractivity contribution in [2.75, 3.05) is 5.32 Å². The largest absolute Gasteiger partial charge is 1.00 e. The molecule has 0 aromatic heterocycles. The van der Waals surface area contributed by atoms with E-state index in [9.17, 15) is 13.0 Å². The van der Waals surface area contributed by atoms with Crippen molar-refractivity contribution in [1.82, 2.24) is 0 Å². The summed E-state index contributed by atoms with van der Waals surface area (Å²) in [6.45, 7) is 1.97. The summed E-state index contributed by atoms with van der Waals surface area (Å²) >= 11 is 0. The molecule has 0 heterocycles. The van der Waals surface area contributed by atoms with E-state index in [0.717, 1.165) is 16.6 Å². The minimum absolute atomic E-state index is 0. The molecule has 1 N–H and O–H groups in total. The molecule has 0 aliphatic heterocycles. The van der Waals surface area contributed by atoms with Crippen molar-refractivity contribution >= 4 is 32.3 Å². The van der Waals surface area contributed by atoms with Gasteiger partial charge in [-0.05, 0) is 30.5 Å². The molecule has 3 rings (SSSR count). The van der Waals surface area contributed by atoms with Crippen LogP contribution >= 0.6 is 0 Å². The third-order valence-corrected chi connectivity index (χ3v) is 4.36. The summed E-state index contributed by atoms with van der Waals surface area (Å²) in [6, 6.07) is 17.8. The van der Waals surface area contributed by atoms with E-state index in [2.05, 4.69) is 5.32 Å². The molecule has 0 aliphatic rings. The zero-order chi connectivity index (χ0) is 15.7. The third kappa shape index (κ3) is 3.94. The van der Waals surface area contributed by atoms with Gasteiger partial charge in [-0.3, -0.25) is 0 Å². The van der Waals surface area contributed by atoms with Crippen molar-refractivity contribution in [3.63, 3.8) is 0 Å². The SMILES string of the molecule is Cc1ccc(Nc2c(S(=O)(=O)[O-])ccc3ccccc23)cc1.[Na+]. The van der Waals surface area contributed by atoms with Gasteiger partial charge < -0.3 is 9.87 Å². The van der Waals surface area contributed by atoms with Crippen LogP contribution in [0.15, 0.2) is 65.6 Å². The second-order valence-corrected chi connectivity index (χ2v) is 6.45. The van der Waals surface area contributed by atoms with E-state index >= 15 is 0 Å². The number of nitrogens with one attached hydrogen (secondary N) is 1. The van der Waals surface area contributed by atoms with Crippen molar-refractivity contribution < 1.29 is 42.5 Å². The molecule has 4 nitrogen and oxygen atoms in total. The number of anilines is 2. The predicted octanol–water partition coefficient (Wildman–Crippen LogP) is 0.800. The third-order valence-electron chi connectivity index (χ3n) is 3.48. The molecule has 0 saturated heterocycles. The van der Waals surface area contributed by atoms with Crippen LogP contribution in [0.4, 0.5) is 11.4 Å². The molecule has 0 spiro atoms. The van der Waals surface area contributed by atoms with E-state index in [1.54, 1.807) is 12.1 Å². The van der Waals surface area contributed by atoms with Crippen LogP contribution in [0.2, 0.25) is 0 Å². The van der Waals surface area contributed by atoms with Gasteiger partial charge in [-0.15, -0.1) is 0 Å². The summed E-state index contributed by atoms with van der Waals surface area (Å²) in [5.41, 5.74) is 2.14. The quantitative estimate of drug-likeness (QED) is 0.568. The standard InChI is InChI=1S/C17H15NO3S.Na/c1-12-6-9-14(10-7-12)18-17-15-5-3-2-4-13(15)8-11-16(17)22(19,20)21;/h2-11,18H,1H3,(H,19,20,21);/q;+1/p-1. The first kappa shape index (κ1) is 18.0. The Morgan fingerprint density at radius 2 is 1.57 bits per heavy atom. The van der Waals surface area contributed by atoms with Crippen molar-refractivity contribution in [2.24, 2.45) is 0 Å². The Bertz CT molecular complexity index is 938. The normalized spacial score (nSPS) is 11.0. The molecule has 112 valence electrons. The van der Waals surface area contributed by atoms with Crippen LogP contribution < -0.4 is 34.9 Å². The summed E-state index contributed by atoms with van der Waals surface area (Å²) in [5, 5.41) is 4.63. The number of fused-ring (bicyclic) bond motifs is 1. The second-order valence-electron chi connectivity index (χ2n) is 5.10. The molecule has 0 unspecified atom stereocenters. The Labute approximate surface area is 157 Å². The first-order valence-corrected chi connectivity index (χ1v) is 8.17. The molecule has 0 fully saturated rings. The van der Waals surface area contributed by atoms with Crippen LogP contribution in [0, 0.1) is 6.92 Å². The average molecular weight is 335 g/mol. The zero-order valence-corrected chi connectivity index (χ0v) is 15.7. The molecule has 3 aromatic carbocycles. The molecule has 0 amide bonds. The molecule has 0 atom stereocenters. The Morgan fingerprint density at radius 3 is 2.22 bits per heavy atom. The predicted molar refractivity (Wildman–Crippen MR) is 86.4 cm³/mol. The maximum absolute atomic E-state index is 11.5. The van der Waals surface area contributed by atoms with E-state index in [-0.39, 0.29) is 34.5 Å². The molecule has 3 aromatic rings. The van der Waals surface area contributed by atoms with E-state index < -0.39 is 10.1 Å². The summed E-state index contributed by atoms with van der Waals surface area (Å²) in [5.74, 6) is 0. The number of hydrogen-bond donors (Lipinski definition) is 1. The van der Waals surface area contributed by atoms with Crippen molar-refractivity contribution in [3.05, 3.63) is 66.2 Å². The average Bonchev–Trinajstić information content (AvgIpc) is 2.48. The Morgan fingerprint density at radius 1 is 0.913 bits per heavy atom. The van der Waals surface area contributed by atoms with E-state index in [1.807, 2.05) is 49.4 Å². The van der Waals surface area contributed by atoms with Gasteiger partial charge in [0.2, 0.25) is 0 Å². The van der Waals surface area contributed by atoms with E-state index in [1.165, 1.54) is 6.07 Å². The van der Waals surface area contributed by atoms with Crippen LogP contribution in [0.25, 0.3) is 10.8 Å². The molecular formula is C17H14NNaO3S. The van der Waals surface area contributed by atoms with Gasteiger partial charge in [-0.25, -0.2) is 8.42 Å². The monoisotopic (exact) mass is 335 g/mol. The van der Waals surface area contributed by atoms with Gasteiger partial charge in [-0.2, -0.15) is 0 Å². The van der Waals surface area contributed by atoms with Crippen LogP contribution in [0.5, 0.6) is 0 Å². The van der Waals surface area contributed by atoms with Gasteiger partial charge in [-0.1, -0.05) is 48.0 Å². The molecule has 0 aliphatic carbocycles. The topological polar surface area (TPSA) is 69.2 Å².